The van der Waals surface area contributed by atoms with E-state index in [1.165, 1.54) is 4.68 Å². The Labute approximate surface area is 210 Å². The maximum Gasteiger partial charge on any atom is 0.324 e. The second-order valence-electron chi connectivity index (χ2n) is 9.45. The molecule has 1 heterocycles. The molecule has 0 aliphatic carbocycles. The molecule has 0 bridgehead atoms. The first-order chi connectivity index (χ1) is 17.4. The van der Waals surface area contributed by atoms with Gasteiger partial charge in [0.05, 0.1) is 17.1 Å². The SMILES string of the molecule is CC(C)(C)c1cc(NC(=O)Nc2cc(F)cc(F)c2F)n(-c2cc(CNC(N)=O)c3ccccc3c2)n1. The van der Waals surface area contributed by atoms with Gasteiger partial charge in [0.15, 0.2) is 11.6 Å². The Morgan fingerprint density at radius 2 is 1.73 bits per heavy atom. The molecule has 4 rings (SSSR count). The Morgan fingerprint density at radius 3 is 2.43 bits per heavy atom. The molecule has 0 unspecified atom stereocenters. The molecule has 8 nitrogen and oxygen atoms in total. The molecule has 0 atom stereocenters. The van der Waals surface area contributed by atoms with E-state index >= 15 is 0 Å². The van der Waals surface area contributed by atoms with Crippen LogP contribution in [0.15, 0.2) is 54.6 Å². The lowest BCUT2D eigenvalue weighted by Gasteiger charge is -2.15. The van der Waals surface area contributed by atoms with Gasteiger partial charge in [-0.15, -0.1) is 0 Å². The number of primary amides is 1. The van der Waals surface area contributed by atoms with Gasteiger partial charge in [-0.3, -0.25) is 5.32 Å². The van der Waals surface area contributed by atoms with Gasteiger partial charge in [-0.05, 0) is 28.5 Å². The molecular weight excluding hydrogens is 485 g/mol. The maximum atomic E-state index is 14.1. The third-order valence-electron chi connectivity index (χ3n) is 5.59. The predicted molar refractivity (Wildman–Crippen MR) is 135 cm³/mol. The lowest BCUT2D eigenvalue weighted by atomic mass is 9.92. The molecule has 0 aliphatic heterocycles. The molecule has 0 fully saturated rings. The zero-order valence-corrected chi connectivity index (χ0v) is 20.3. The van der Waals surface area contributed by atoms with Gasteiger partial charge < -0.3 is 16.4 Å². The molecule has 37 heavy (non-hydrogen) atoms. The van der Waals surface area contributed by atoms with Crippen LogP contribution >= 0.6 is 0 Å². The molecule has 0 saturated carbocycles. The van der Waals surface area contributed by atoms with Crippen LogP contribution in [-0.2, 0) is 12.0 Å². The molecule has 0 spiro atoms. The van der Waals surface area contributed by atoms with E-state index in [0.717, 1.165) is 16.3 Å². The monoisotopic (exact) mass is 510 g/mol. The number of nitrogens with one attached hydrogen (secondary N) is 3. The van der Waals surface area contributed by atoms with Gasteiger partial charge in [-0.1, -0.05) is 45.0 Å². The quantitative estimate of drug-likeness (QED) is 0.264. The molecule has 1 aromatic heterocycles. The number of hydrogen-bond donors (Lipinski definition) is 4. The molecule has 3 aromatic carbocycles. The average Bonchev–Trinajstić information content (AvgIpc) is 3.24. The molecule has 0 aliphatic rings. The van der Waals surface area contributed by atoms with Crippen molar-refractivity contribution in [2.24, 2.45) is 5.73 Å². The molecule has 4 amide bonds. The van der Waals surface area contributed by atoms with E-state index in [9.17, 15) is 22.8 Å². The molecule has 0 radical (unpaired) electrons. The summed E-state index contributed by atoms with van der Waals surface area (Å²) in [4.78, 5) is 24.1. The number of amides is 4. The van der Waals surface area contributed by atoms with Crippen molar-refractivity contribution in [3.63, 3.8) is 0 Å². The highest BCUT2D eigenvalue weighted by Gasteiger charge is 2.23. The molecule has 4 aromatic rings. The third kappa shape index (κ3) is 5.66. The number of hydrogen-bond acceptors (Lipinski definition) is 3. The van der Waals surface area contributed by atoms with Gasteiger partial charge >= 0.3 is 12.1 Å². The van der Waals surface area contributed by atoms with Gasteiger partial charge in [-0.2, -0.15) is 5.10 Å². The normalized spacial score (nSPS) is 11.4. The van der Waals surface area contributed by atoms with Gasteiger partial charge in [0, 0.05) is 30.2 Å². The number of anilines is 2. The fourth-order valence-corrected chi connectivity index (χ4v) is 3.77. The Bertz CT molecular complexity index is 1510. The van der Waals surface area contributed by atoms with E-state index < -0.39 is 40.6 Å². The molecular formula is C26H25F3N6O2. The summed E-state index contributed by atoms with van der Waals surface area (Å²) in [7, 11) is 0. The number of nitrogens with zero attached hydrogens (tertiary/aromatic N) is 2. The number of halogens is 3. The van der Waals surface area contributed by atoms with Crippen LogP contribution in [0.5, 0.6) is 0 Å². The highest BCUT2D eigenvalue weighted by Crippen LogP contribution is 2.30. The fourth-order valence-electron chi connectivity index (χ4n) is 3.77. The van der Waals surface area contributed by atoms with E-state index in [4.69, 9.17) is 5.73 Å². The number of rotatable bonds is 5. The molecule has 192 valence electrons. The Morgan fingerprint density at radius 1 is 1.00 bits per heavy atom. The largest absolute Gasteiger partial charge is 0.352 e. The Hall–Kier alpha value is -4.54. The van der Waals surface area contributed by atoms with E-state index in [2.05, 4.69) is 21.0 Å². The summed E-state index contributed by atoms with van der Waals surface area (Å²) in [5.74, 6) is -3.63. The minimum atomic E-state index is -1.43. The van der Waals surface area contributed by atoms with Crippen molar-refractivity contribution in [3.8, 4) is 5.69 Å². The second-order valence-corrected chi connectivity index (χ2v) is 9.45. The van der Waals surface area contributed by atoms with Crippen LogP contribution in [0.25, 0.3) is 16.5 Å². The lowest BCUT2D eigenvalue weighted by molar-refractivity contribution is 0.248. The van der Waals surface area contributed by atoms with Crippen LogP contribution in [-0.4, -0.2) is 21.8 Å². The minimum Gasteiger partial charge on any atom is -0.352 e. The van der Waals surface area contributed by atoms with Crippen molar-refractivity contribution in [2.45, 2.75) is 32.7 Å². The number of urea groups is 2. The van der Waals surface area contributed by atoms with E-state index in [1.54, 1.807) is 12.1 Å². The van der Waals surface area contributed by atoms with Gasteiger partial charge in [0.1, 0.15) is 11.6 Å². The summed E-state index contributed by atoms with van der Waals surface area (Å²) in [5.41, 5.74) is 6.17. The van der Waals surface area contributed by atoms with Crippen LogP contribution < -0.4 is 21.7 Å². The van der Waals surface area contributed by atoms with Crippen molar-refractivity contribution in [1.82, 2.24) is 15.1 Å². The summed E-state index contributed by atoms with van der Waals surface area (Å²) < 4.78 is 42.7. The van der Waals surface area contributed by atoms with E-state index in [1.807, 2.05) is 51.1 Å². The fraction of sp³-hybridized carbons (Fsp3) is 0.192. The Balaban J connectivity index is 1.76. The number of carbonyl (C=O) groups is 2. The van der Waals surface area contributed by atoms with Crippen LogP contribution in [0, 0.1) is 17.5 Å². The highest BCUT2D eigenvalue weighted by molar-refractivity contribution is 5.99. The number of benzene rings is 3. The predicted octanol–water partition coefficient (Wildman–Crippen LogP) is 5.55. The van der Waals surface area contributed by atoms with Crippen LogP contribution in [0.3, 0.4) is 0 Å². The lowest BCUT2D eigenvalue weighted by Crippen LogP contribution is -2.28. The van der Waals surface area contributed by atoms with E-state index in [-0.39, 0.29) is 12.4 Å². The number of carbonyl (C=O) groups excluding carboxylic acids is 2. The summed E-state index contributed by atoms with van der Waals surface area (Å²) in [6, 6.07) is 12.3. The molecule has 5 N–H and O–H groups in total. The van der Waals surface area contributed by atoms with Crippen molar-refractivity contribution < 1.29 is 22.8 Å². The standard InChI is InChI=1S/C26H25F3N6O2/c1-26(2,3)21-12-22(33-25(37)32-20-11-16(27)10-19(28)23(20)29)35(34-21)17-8-14-6-4-5-7-18(14)15(9-17)13-31-24(30)36/h4-12H,13H2,1-3H3,(H3,30,31,36)(H2,32,33,37). The minimum absolute atomic E-state index is 0.157. The van der Waals surface area contributed by atoms with Crippen molar-refractivity contribution in [1.29, 1.82) is 0 Å². The number of fused-ring (bicyclic) bond motifs is 1. The average molecular weight is 511 g/mol. The van der Waals surface area contributed by atoms with Crippen molar-refractivity contribution in [3.05, 3.63) is 83.3 Å². The Kier molecular flexibility index (Phi) is 6.80. The zero-order chi connectivity index (χ0) is 26.9. The van der Waals surface area contributed by atoms with Gasteiger partial charge in [-0.25, -0.2) is 27.4 Å². The first-order valence-corrected chi connectivity index (χ1v) is 11.3. The van der Waals surface area contributed by atoms with Crippen LogP contribution in [0.4, 0.5) is 34.3 Å². The summed E-state index contributed by atoms with van der Waals surface area (Å²) in [6.07, 6.45) is 0. The van der Waals surface area contributed by atoms with Crippen molar-refractivity contribution in [2.75, 3.05) is 10.6 Å². The first-order valence-electron chi connectivity index (χ1n) is 11.3. The maximum absolute atomic E-state index is 14.1. The smallest absolute Gasteiger partial charge is 0.324 e. The van der Waals surface area contributed by atoms with Gasteiger partial charge in [0.2, 0.25) is 0 Å². The highest BCUT2D eigenvalue weighted by atomic mass is 19.2. The van der Waals surface area contributed by atoms with Crippen molar-refractivity contribution >= 4 is 34.3 Å². The van der Waals surface area contributed by atoms with Gasteiger partial charge in [0.25, 0.3) is 0 Å². The molecule has 0 saturated heterocycles. The zero-order valence-electron chi connectivity index (χ0n) is 20.3. The van der Waals surface area contributed by atoms with Crippen LogP contribution in [0.1, 0.15) is 32.0 Å². The third-order valence-corrected chi connectivity index (χ3v) is 5.59. The summed E-state index contributed by atoms with van der Waals surface area (Å²) in [5, 5.41) is 13.7. The molecule has 11 heteroatoms. The van der Waals surface area contributed by atoms with E-state index in [0.29, 0.717) is 23.5 Å². The second kappa shape index (κ2) is 9.84. The topological polar surface area (TPSA) is 114 Å². The first kappa shape index (κ1) is 25.5. The summed E-state index contributed by atoms with van der Waals surface area (Å²) in [6.45, 7) is 5.98. The summed E-state index contributed by atoms with van der Waals surface area (Å²) >= 11 is 0. The number of nitrogens with two attached hydrogens (primary N) is 1. The number of aromatic nitrogens is 2. The van der Waals surface area contributed by atoms with Crippen LogP contribution in [0.2, 0.25) is 0 Å².